The largest absolute Gasteiger partial charge is 0.478 e. The number of hydrogen-bond donors (Lipinski definition) is 1. The van der Waals surface area contributed by atoms with Gasteiger partial charge in [0, 0.05) is 6.07 Å². The third kappa shape index (κ3) is 1.83. The van der Waals surface area contributed by atoms with E-state index in [1.54, 1.807) is 24.3 Å². The summed E-state index contributed by atoms with van der Waals surface area (Å²) in [6.07, 6.45) is 1.15. The molecule has 1 aromatic heterocycles. The van der Waals surface area contributed by atoms with E-state index in [9.17, 15) is 9.59 Å². The minimum Gasteiger partial charge on any atom is -0.478 e. The molecule has 0 bridgehead atoms. The van der Waals surface area contributed by atoms with Crippen LogP contribution < -0.4 is 5.56 Å². The Bertz CT molecular complexity index is 575. The zero-order valence-corrected chi connectivity index (χ0v) is 8.20. The lowest BCUT2D eigenvalue weighted by Gasteiger charge is -2.03. The fraction of sp³-hybridized carbons (Fsp3) is 0. The monoisotopic (exact) mass is 216 g/mol. The second-order valence-corrected chi connectivity index (χ2v) is 3.13. The number of para-hydroxylation sites is 1. The molecule has 0 unspecified atom stereocenters. The van der Waals surface area contributed by atoms with Crippen LogP contribution >= 0.6 is 0 Å². The number of benzene rings is 1. The van der Waals surface area contributed by atoms with Crippen LogP contribution in [0.2, 0.25) is 0 Å². The van der Waals surface area contributed by atoms with Crippen LogP contribution in [0.3, 0.4) is 0 Å². The van der Waals surface area contributed by atoms with Crippen LogP contribution in [0, 0.1) is 0 Å². The van der Waals surface area contributed by atoms with Crippen molar-refractivity contribution in [2.45, 2.75) is 0 Å². The molecular weight excluding hydrogens is 208 g/mol. The molecule has 0 fully saturated rings. The van der Waals surface area contributed by atoms with Gasteiger partial charge in [0.1, 0.15) is 0 Å². The lowest BCUT2D eigenvalue weighted by molar-refractivity contribution is 0.0696. The van der Waals surface area contributed by atoms with E-state index in [4.69, 9.17) is 5.11 Å². The van der Waals surface area contributed by atoms with Crippen molar-refractivity contribution in [2.75, 3.05) is 0 Å². The standard InChI is InChI=1S/C11H8N2O3/c14-10-6-8(11(15)16)7-12-13(10)9-4-2-1-3-5-9/h1-7H,(H,15,16). The molecule has 16 heavy (non-hydrogen) atoms. The zero-order chi connectivity index (χ0) is 11.5. The highest BCUT2D eigenvalue weighted by molar-refractivity contribution is 5.86. The molecule has 0 aliphatic heterocycles. The van der Waals surface area contributed by atoms with Crippen molar-refractivity contribution in [1.82, 2.24) is 9.78 Å². The average molecular weight is 216 g/mol. The van der Waals surface area contributed by atoms with Crippen molar-refractivity contribution >= 4 is 5.97 Å². The number of aromatic nitrogens is 2. The lowest BCUT2D eigenvalue weighted by atomic mass is 10.3. The van der Waals surface area contributed by atoms with E-state index < -0.39 is 11.5 Å². The van der Waals surface area contributed by atoms with Crippen LogP contribution in [0.1, 0.15) is 10.4 Å². The summed E-state index contributed by atoms with van der Waals surface area (Å²) in [5.74, 6) is -1.16. The predicted molar refractivity (Wildman–Crippen MR) is 56.8 cm³/mol. The maximum absolute atomic E-state index is 11.6. The van der Waals surface area contributed by atoms with Gasteiger partial charge in [-0.2, -0.15) is 9.78 Å². The van der Waals surface area contributed by atoms with Gasteiger partial charge >= 0.3 is 5.97 Å². The molecule has 2 aromatic rings. The van der Waals surface area contributed by atoms with Gasteiger partial charge in [-0.05, 0) is 12.1 Å². The molecule has 0 aliphatic carbocycles. The third-order valence-electron chi connectivity index (χ3n) is 2.05. The molecule has 0 amide bonds. The first-order valence-corrected chi connectivity index (χ1v) is 4.56. The smallest absolute Gasteiger partial charge is 0.337 e. The number of aromatic carboxylic acids is 1. The van der Waals surface area contributed by atoms with E-state index in [1.165, 1.54) is 0 Å². The van der Waals surface area contributed by atoms with Gasteiger partial charge in [0.15, 0.2) is 0 Å². The Hall–Kier alpha value is -2.43. The summed E-state index contributed by atoms with van der Waals surface area (Å²) in [5, 5.41) is 12.5. The molecular formula is C11H8N2O3. The quantitative estimate of drug-likeness (QED) is 0.810. The Morgan fingerprint density at radius 3 is 2.50 bits per heavy atom. The fourth-order valence-corrected chi connectivity index (χ4v) is 1.29. The normalized spacial score (nSPS) is 10.0. The van der Waals surface area contributed by atoms with Gasteiger partial charge in [0.2, 0.25) is 0 Å². The van der Waals surface area contributed by atoms with E-state index in [0.717, 1.165) is 16.9 Å². The summed E-state index contributed by atoms with van der Waals surface area (Å²) >= 11 is 0. The van der Waals surface area contributed by atoms with Gasteiger partial charge in [-0.15, -0.1) is 0 Å². The van der Waals surface area contributed by atoms with E-state index in [1.807, 2.05) is 6.07 Å². The Kier molecular flexibility index (Phi) is 2.51. The summed E-state index contributed by atoms with van der Waals surface area (Å²) in [5.41, 5.74) is 0.0210. The maximum atomic E-state index is 11.6. The third-order valence-corrected chi connectivity index (χ3v) is 2.05. The van der Waals surface area contributed by atoms with Crippen molar-refractivity contribution in [3.8, 4) is 5.69 Å². The highest BCUT2D eigenvalue weighted by Gasteiger charge is 2.06. The lowest BCUT2D eigenvalue weighted by Crippen LogP contribution is -2.21. The molecule has 0 atom stereocenters. The van der Waals surface area contributed by atoms with Crippen LogP contribution in [0.5, 0.6) is 0 Å². The maximum Gasteiger partial charge on any atom is 0.337 e. The Morgan fingerprint density at radius 2 is 1.94 bits per heavy atom. The van der Waals surface area contributed by atoms with E-state index in [-0.39, 0.29) is 5.56 Å². The Morgan fingerprint density at radius 1 is 1.25 bits per heavy atom. The molecule has 1 heterocycles. The first-order valence-electron chi connectivity index (χ1n) is 4.56. The molecule has 1 N–H and O–H groups in total. The first-order chi connectivity index (χ1) is 7.68. The van der Waals surface area contributed by atoms with Crippen LogP contribution in [-0.2, 0) is 0 Å². The van der Waals surface area contributed by atoms with Crippen LogP contribution in [0.15, 0.2) is 47.4 Å². The number of nitrogens with zero attached hydrogens (tertiary/aromatic N) is 2. The second kappa shape index (κ2) is 3.98. The van der Waals surface area contributed by atoms with Crippen molar-refractivity contribution in [1.29, 1.82) is 0 Å². The van der Waals surface area contributed by atoms with Crippen molar-refractivity contribution in [3.63, 3.8) is 0 Å². The van der Waals surface area contributed by atoms with Gasteiger partial charge in [-0.1, -0.05) is 18.2 Å². The molecule has 1 aromatic carbocycles. The highest BCUT2D eigenvalue weighted by atomic mass is 16.4. The minimum atomic E-state index is -1.16. The van der Waals surface area contributed by atoms with Crippen molar-refractivity contribution in [2.24, 2.45) is 0 Å². The minimum absolute atomic E-state index is 0.114. The van der Waals surface area contributed by atoms with Gasteiger partial charge < -0.3 is 5.11 Å². The van der Waals surface area contributed by atoms with E-state index >= 15 is 0 Å². The molecule has 80 valence electrons. The fourth-order valence-electron chi connectivity index (χ4n) is 1.29. The molecule has 0 radical (unpaired) electrons. The molecule has 5 heteroatoms. The number of hydrogen-bond acceptors (Lipinski definition) is 3. The predicted octanol–water partition coefficient (Wildman–Crippen LogP) is 0.931. The number of rotatable bonds is 2. The van der Waals surface area contributed by atoms with Gasteiger partial charge in [0.05, 0.1) is 17.4 Å². The summed E-state index contributed by atoms with van der Waals surface area (Å²) in [6, 6.07) is 9.84. The number of carboxylic acid groups (broad SMARTS) is 1. The summed E-state index contributed by atoms with van der Waals surface area (Å²) in [4.78, 5) is 22.2. The molecule has 5 nitrogen and oxygen atoms in total. The number of carbonyl (C=O) groups is 1. The first kappa shape index (κ1) is 10.1. The summed E-state index contributed by atoms with van der Waals surface area (Å²) < 4.78 is 1.15. The second-order valence-electron chi connectivity index (χ2n) is 3.13. The summed E-state index contributed by atoms with van der Waals surface area (Å²) in [6.45, 7) is 0. The SMILES string of the molecule is O=C(O)c1cnn(-c2ccccc2)c(=O)c1. The molecule has 0 saturated heterocycles. The Labute approximate surface area is 90.6 Å². The Balaban J connectivity index is 2.53. The van der Waals surface area contributed by atoms with Crippen LogP contribution in [0.25, 0.3) is 5.69 Å². The van der Waals surface area contributed by atoms with E-state index in [2.05, 4.69) is 5.10 Å². The van der Waals surface area contributed by atoms with Crippen molar-refractivity contribution < 1.29 is 9.90 Å². The highest BCUT2D eigenvalue weighted by Crippen LogP contribution is 2.02. The zero-order valence-electron chi connectivity index (χ0n) is 8.20. The van der Waals surface area contributed by atoms with Gasteiger partial charge in [-0.25, -0.2) is 4.79 Å². The van der Waals surface area contributed by atoms with Gasteiger partial charge in [-0.3, -0.25) is 4.79 Å². The molecule has 2 rings (SSSR count). The molecule has 0 saturated carbocycles. The average Bonchev–Trinajstić information content (AvgIpc) is 2.30. The van der Waals surface area contributed by atoms with E-state index in [0.29, 0.717) is 5.69 Å². The topological polar surface area (TPSA) is 72.2 Å². The van der Waals surface area contributed by atoms with Crippen molar-refractivity contribution in [3.05, 3.63) is 58.5 Å². The molecule has 0 aliphatic rings. The van der Waals surface area contributed by atoms with Crippen LogP contribution in [-0.4, -0.2) is 20.9 Å². The summed E-state index contributed by atoms with van der Waals surface area (Å²) in [7, 11) is 0. The van der Waals surface area contributed by atoms with Crippen LogP contribution in [0.4, 0.5) is 0 Å². The number of carboxylic acids is 1. The molecule has 0 spiro atoms. The van der Waals surface area contributed by atoms with Gasteiger partial charge in [0.25, 0.3) is 5.56 Å².